The summed E-state index contributed by atoms with van der Waals surface area (Å²) in [4.78, 5) is 0. The molecule has 0 aliphatic rings. The maximum atomic E-state index is 2.49. The zero-order chi connectivity index (χ0) is 20.3. The topological polar surface area (TPSA) is 8.81 Å². The van der Waals surface area contributed by atoms with Crippen molar-refractivity contribution in [2.75, 3.05) is 0 Å². The lowest BCUT2D eigenvalue weighted by Crippen LogP contribution is -2.32. The number of aryl methyl sites for hydroxylation is 2. The van der Waals surface area contributed by atoms with Gasteiger partial charge in [0.1, 0.15) is 12.4 Å². The summed E-state index contributed by atoms with van der Waals surface area (Å²) in [5.41, 5.74) is 0. The lowest BCUT2D eigenvalue weighted by molar-refractivity contribution is -0.678. The third kappa shape index (κ3) is 12.6. The summed E-state index contributed by atoms with van der Waals surface area (Å²) in [6.45, 7) is 5.78. The van der Waals surface area contributed by atoms with Gasteiger partial charge in [0, 0.05) is 6.42 Å². The molecular weight excluding hydrogens is 340 g/mol. The highest BCUT2D eigenvalue weighted by molar-refractivity contribution is 4.84. The van der Waals surface area contributed by atoms with Gasteiger partial charge in [0.2, 0.25) is 0 Å². The number of hydrogen-bond donors (Lipinski definition) is 0. The molecule has 0 fully saturated rings. The Morgan fingerprint density at radius 3 is 1.54 bits per heavy atom. The van der Waals surface area contributed by atoms with E-state index in [-0.39, 0.29) is 0 Å². The van der Waals surface area contributed by atoms with E-state index in [0.29, 0.717) is 0 Å². The molecule has 164 valence electrons. The summed E-state index contributed by atoms with van der Waals surface area (Å²) in [6, 6.07) is 0. The van der Waals surface area contributed by atoms with Crippen LogP contribution in [0.2, 0.25) is 0 Å². The first-order valence-electron chi connectivity index (χ1n) is 12.8. The average Bonchev–Trinajstić information content (AvgIpc) is 3.05. The second-order valence-corrected chi connectivity index (χ2v) is 8.93. The van der Waals surface area contributed by atoms with Crippen molar-refractivity contribution in [3.8, 4) is 0 Å². The van der Waals surface area contributed by atoms with Gasteiger partial charge >= 0.3 is 0 Å². The van der Waals surface area contributed by atoms with Crippen molar-refractivity contribution in [1.29, 1.82) is 0 Å². The van der Waals surface area contributed by atoms with Gasteiger partial charge in [0.15, 0.2) is 0 Å². The molecule has 0 amide bonds. The van der Waals surface area contributed by atoms with E-state index in [1.54, 1.807) is 0 Å². The predicted octanol–water partition coefficient (Wildman–Crippen LogP) is 7.92. The quantitative estimate of drug-likeness (QED) is 0.158. The largest absolute Gasteiger partial charge is 0.256 e. The second kappa shape index (κ2) is 18.3. The summed E-state index contributed by atoms with van der Waals surface area (Å²) in [5, 5.41) is 0. The van der Waals surface area contributed by atoms with Gasteiger partial charge in [-0.2, -0.15) is 0 Å². The van der Waals surface area contributed by atoms with Gasteiger partial charge in [-0.05, 0) is 19.3 Å². The van der Waals surface area contributed by atoms with Crippen LogP contribution in [0, 0.1) is 0 Å². The van der Waals surface area contributed by atoms with E-state index in [9.17, 15) is 0 Å². The van der Waals surface area contributed by atoms with Gasteiger partial charge in [0.05, 0.1) is 13.6 Å². The Kier molecular flexibility index (Phi) is 16.5. The standard InChI is InChI=1S/C26H51N2/c1-4-6-8-9-10-11-12-13-14-15-16-17-18-19-20-22-26-27(3)24-25-28(26)23-21-7-5-2/h24-25H,4-23H2,1-3H3/q+1. The predicted molar refractivity (Wildman–Crippen MR) is 124 cm³/mol. The van der Waals surface area contributed by atoms with Gasteiger partial charge in [-0.15, -0.1) is 0 Å². The molecule has 1 aromatic rings. The van der Waals surface area contributed by atoms with Crippen LogP contribution in [0.25, 0.3) is 0 Å². The number of hydrogen-bond acceptors (Lipinski definition) is 0. The van der Waals surface area contributed by atoms with Gasteiger partial charge in [-0.1, -0.05) is 110 Å². The van der Waals surface area contributed by atoms with Crippen LogP contribution in [0.3, 0.4) is 0 Å². The minimum absolute atomic E-state index is 1.20. The zero-order valence-electron chi connectivity index (χ0n) is 19.7. The summed E-state index contributed by atoms with van der Waals surface area (Å²) in [7, 11) is 2.21. The fraction of sp³-hybridized carbons (Fsp3) is 0.885. The molecule has 2 nitrogen and oxygen atoms in total. The van der Waals surface area contributed by atoms with Crippen molar-refractivity contribution in [3.63, 3.8) is 0 Å². The first kappa shape index (κ1) is 25.2. The molecule has 0 saturated heterocycles. The molecule has 0 aliphatic carbocycles. The minimum atomic E-state index is 1.20. The van der Waals surface area contributed by atoms with Crippen LogP contribution in [-0.4, -0.2) is 4.57 Å². The molecule has 0 N–H and O–H groups in total. The Bertz CT molecular complexity index is 449. The summed E-state index contributed by atoms with van der Waals surface area (Å²) >= 11 is 0. The van der Waals surface area contributed by atoms with Gasteiger partial charge in [0.25, 0.3) is 5.82 Å². The van der Waals surface area contributed by atoms with Crippen LogP contribution in [0.15, 0.2) is 12.4 Å². The van der Waals surface area contributed by atoms with Gasteiger partial charge < -0.3 is 0 Å². The smallest absolute Gasteiger partial charge is 0.237 e. The lowest BCUT2D eigenvalue weighted by atomic mass is 10.0. The number of imidazole rings is 1. The van der Waals surface area contributed by atoms with Crippen LogP contribution < -0.4 is 4.57 Å². The monoisotopic (exact) mass is 391 g/mol. The number of aromatic nitrogens is 2. The van der Waals surface area contributed by atoms with Gasteiger partial charge in [-0.25, -0.2) is 9.13 Å². The molecule has 0 saturated carbocycles. The summed E-state index contributed by atoms with van der Waals surface area (Å²) in [6.07, 6.45) is 31.3. The van der Waals surface area contributed by atoms with Crippen molar-refractivity contribution >= 4 is 0 Å². The average molecular weight is 392 g/mol. The molecule has 28 heavy (non-hydrogen) atoms. The van der Waals surface area contributed by atoms with E-state index >= 15 is 0 Å². The van der Waals surface area contributed by atoms with Crippen molar-refractivity contribution in [3.05, 3.63) is 18.2 Å². The summed E-state index contributed by atoms with van der Waals surface area (Å²) in [5.74, 6) is 1.52. The van der Waals surface area contributed by atoms with Crippen molar-refractivity contribution in [2.45, 2.75) is 142 Å². The molecule has 0 unspecified atom stereocenters. The minimum Gasteiger partial charge on any atom is -0.237 e. The Labute approximate surface area is 177 Å². The van der Waals surface area contributed by atoms with Gasteiger partial charge in [-0.3, -0.25) is 0 Å². The van der Waals surface area contributed by atoms with E-state index in [2.05, 4.69) is 42.4 Å². The zero-order valence-corrected chi connectivity index (χ0v) is 19.7. The maximum absolute atomic E-state index is 2.49. The molecule has 0 aromatic carbocycles. The lowest BCUT2D eigenvalue weighted by Gasteiger charge is -2.04. The van der Waals surface area contributed by atoms with E-state index in [0.717, 1.165) is 0 Å². The molecule has 0 atom stereocenters. The molecule has 0 spiro atoms. The first-order valence-corrected chi connectivity index (χ1v) is 12.8. The van der Waals surface area contributed by atoms with Crippen LogP contribution in [-0.2, 0) is 20.0 Å². The van der Waals surface area contributed by atoms with Crippen molar-refractivity contribution in [2.24, 2.45) is 7.05 Å². The summed E-state index contributed by atoms with van der Waals surface area (Å²) < 4.78 is 4.81. The highest BCUT2D eigenvalue weighted by Crippen LogP contribution is 2.14. The fourth-order valence-electron chi connectivity index (χ4n) is 4.27. The fourth-order valence-corrected chi connectivity index (χ4v) is 4.27. The Morgan fingerprint density at radius 2 is 1.04 bits per heavy atom. The number of unbranched alkanes of at least 4 members (excludes halogenated alkanes) is 16. The Balaban J connectivity index is 1.91. The van der Waals surface area contributed by atoms with E-state index in [1.165, 1.54) is 134 Å². The molecular formula is C26H51N2+. The van der Waals surface area contributed by atoms with Crippen LogP contribution >= 0.6 is 0 Å². The van der Waals surface area contributed by atoms with Crippen LogP contribution in [0.4, 0.5) is 0 Å². The third-order valence-electron chi connectivity index (χ3n) is 6.22. The number of rotatable bonds is 20. The molecule has 2 heteroatoms. The highest BCUT2D eigenvalue weighted by atomic mass is 15.1. The van der Waals surface area contributed by atoms with E-state index in [1.807, 2.05) is 0 Å². The van der Waals surface area contributed by atoms with Crippen LogP contribution in [0.1, 0.15) is 135 Å². The third-order valence-corrected chi connectivity index (χ3v) is 6.22. The molecule has 0 bridgehead atoms. The molecule has 1 aromatic heterocycles. The second-order valence-electron chi connectivity index (χ2n) is 8.93. The van der Waals surface area contributed by atoms with E-state index in [4.69, 9.17) is 0 Å². The van der Waals surface area contributed by atoms with Crippen LogP contribution in [0.5, 0.6) is 0 Å². The van der Waals surface area contributed by atoms with E-state index < -0.39 is 0 Å². The highest BCUT2D eigenvalue weighted by Gasteiger charge is 2.13. The Morgan fingerprint density at radius 1 is 0.607 bits per heavy atom. The SMILES string of the molecule is CCCCCCCCCCCCCCCCCc1n(CCCCC)cc[n+]1C. The van der Waals surface area contributed by atoms with Crippen molar-refractivity contribution < 1.29 is 4.57 Å². The molecule has 1 rings (SSSR count). The molecule has 1 heterocycles. The number of nitrogens with zero attached hydrogens (tertiary/aromatic N) is 2. The normalized spacial score (nSPS) is 11.4. The maximum Gasteiger partial charge on any atom is 0.256 e. The molecule has 0 aliphatic heterocycles. The first-order chi connectivity index (χ1) is 13.8. The van der Waals surface area contributed by atoms with Crippen molar-refractivity contribution in [1.82, 2.24) is 4.57 Å². The Hall–Kier alpha value is -0.790. The molecule has 0 radical (unpaired) electrons.